The Morgan fingerprint density at radius 2 is 2.00 bits per heavy atom. The lowest BCUT2D eigenvalue weighted by atomic mass is 9.96. The van der Waals surface area contributed by atoms with Crippen molar-refractivity contribution in [3.63, 3.8) is 0 Å². The van der Waals surface area contributed by atoms with Crippen molar-refractivity contribution in [1.82, 2.24) is 5.32 Å². The van der Waals surface area contributed by atoms with Crippen molar-refractivity contribution in [2.45, 2.75) is 49.5 Å². The zero-order valence-electron chi connectivity index (χ0n) is 12.2. The van der Waals surface area contributed by atoms with Crippen LogP contribution < -0.4 is 5.32 Å². The third-order valence-corrected chi connectivity index (χ3v) is 5.99. The SMILES string of the molecule is CNC(CSc1ccccc1Br)/C1=C/CCCCCC1. The maximum absolute atomic E-state index is 3.63. The van der Waals surface area contributed by atoms with E-state index in [1.807, 2.05) is 11.8 Å². The second-order valence-corrected chi connectivity index (χ2v) is 7.23. The largest absolute Gasteiger partial charge is 0.313 e. The van der Waals surface area contributed by atoms with Gasteiger partial charge in [0, 0.05) is 21.2 Å². The average Bonchev–Trinajstić information content (AvgIpc) is 2.42. The zero-order valence-corrected chi connectivity index (χ0v) is 14.6. The Bertz CT molecular complexity index is 444. The molecule has 1 aliphatic carbocycles. The molecule has 0 fully saturated rings. The van der Waals surface area contributed by atoms with Gasteiger partial charge in [-0.25, -0.2) is 0 Å². The van der Waals surface area contributed by atoms with E-state index in [0.717, 1.165) is 5.75 Å². The summed E-state index contributed by atoms with van der Waals surface area (Å²) in [4.78, 5) is 1.33. The summed E-state index contributed by atoms with van der Waals surface area (Å²) in [6.45, 7) is 0. The van der Waals surface area contributed by atoms with E-state index >= 15 is 0 Å². The van der Waals surface area contributed by atoms with Crippen LogP contribution in [0.5, 0.6) is 0 Å². The Balaban J connectivity index is 1.96. The molecule has 0 saturated heterocycles. The molecule has 1 N–H and O–H groups in total. The van der Waals surface area contributed by atoms with Crippen LogP contribution in [0.1, 0.15) is 38.5 Å². The summed E-state index contributed by atoms with van der Waals surface area (Å²) in [6.07, 6.45) is 10.5. The molecule has 20 heavy (non-hydrogen) atoms. The van der Waals surface area contributed by atoms with E-state index in [9.17, 15) is 0 Å². The van der Waals surface area contributed by atoms with Crippen LogP contribution in [0, 0.1) is 0 Å². The van der Waals surface area contributed by atoms with Gasteiger partial charge in [-0.15, -0.1) is 11.8 Å². The summed E-state index contributed by atoms with van der Waals surface area (Å²) >= 11 is 5.57. The maximum Gasteiger partial charge on any atom is 0.0371 e. The smallest absolute Gasteiger partial charge is 0.0371 e. The van der Waals surface area contributed by atoms with Crippen molar-refractivity contribution >= 4 is 27.7 Å². The Kier molecular flexibility index (Phi) is 7.18. The van der Waals surface area contributed by atoms with E-state index in [-0.39, 0.29) is 0 Å². The molecule has 1 nitrogen and oxygen atoms in total. The molecule has 0 aliphatic heterocycles. The van der Waals surface area contributed by atoms with E-state index in [1.165, 1.54) is 47.9 Å². The molecule has 1 aromatic rings. The van der Waals surface area contributed by atoms with E-state index in [2.05, 4.69) is 58.6 Å². The average molecular weight is 354 g/mol. The Morgan fingerprint density at radius 3 is 2.80 bits per heavy atom. The van der Waals surface area contributed by atoms with Crippen LogP contribution in [-0.2, 0) is 0 Å². The number of thioether (sulfide) groups is 1. The lowest BCUT2D eigenvalue weighted by Crippen LogP contribution is -2.30. The fourth-order valence-corrected chi connectivity index (χ4v) is 4.38. The van der Waals surface area contributed by atoms with Gasteiger partial charge in [0.15, 0.2) is 0 Å². The second kappa shape index (κ2) is 8.91. The summed E-state index contributed by atoms with van der Waals surface area (Å²) in [5.41, 5.74) is 1.62. The summed E-state index contributed by atoms with van der Waals surface area (Å²) in [6, 6.07) is 8.99. The van der Waals surface area contributed by atoms with Crippen LogP contribution >= 0.6 is 27.7 Å². The van der Waals surface area contributed by atoms with Crippen LogP contribution in [0.2, 0.25) is 0 Å². The van der Waals surface area contributed by atoms with Crippen molar-refractivity contribution < 1.29 is 0 Å². The number of nitrogens with one attached hydrogen (secondary N) is 1. The fraction of sp³-hybridized carbons (Fsp3) is 0.529. The molecule has 0 saturated carbocycles. The summed E-state index contributed by atoms with van der Waals surface area (Å²) in [5, 5.41) is 3.51. The standard InChI is InChI=1S/C17H24BrNS/c1-19-16(14-9-5-3-2-4-6-10-14)13-20-17-12-8-7-11-15(17)18/h7-9,11-12,16,19H,2-6,10,13H2,1H3/b14-9+. The minimum atomic E-state index is 0.505. The van der Waals surface area contributed by atoms with Gasteiger partial charge in [-0.05, 0) is 60.8 Å². The van der Waals surface area contributed by atoms with Gasteiger partial charge in [0.1, 0.15) is 0 Å². The number of halogens is 1. The van der Waals surface area contributed by atoms with Crippen molar-refractivity contribution in [2.75, 3.05) is 12.8 Å². The van der Waals surface area contributed by atoms with Gasteiger partial charge < -0.3 is 5.32 Å². The summed E-state index contributed by atoms with van der Waals surface area (Å²) in [7, 11) is 2.09. The number of hydrogen-bond acceptors (Lipinski definition) is 2. The molecule has 0 aromatic heterocycles. The molecule has 2 rings (SSSR count). The molecule has 1 aliphatic rings. The molecule has 110 valence electrons. The summed E-state index contributed by atoms with van der Waals surface area (Å²) in [5.74, 6) is 1.10. The topological polar surface area (TPSA) is 12.0 Å². The first-order valence-electron chi connectivity index (χ1n) is 7.55. The van der Waals surface area contributed by atoms with E-state index in [1.54, 1.807) is 5.57 Å². The van der Waals surface area contributed by atoms with Crippen LogP contribution in [0.25, 0.3) is 0 Å². The van der Waals surface area contributed by atoms with Crippen LogP contribution in [0.4, 0.5) is 0 Å². The van der Waals surface area contributed by atoms with Gasteiger partial charge in [0.25, 0.3) is 0 Å². The zero-order chi connectivity index (χ0) is 14.2. The third-order valence-electron chi connectivity index (χ3n) is 3.86. The molecule has 0 bridgehead atoms. The lowest BCUT2D eigenvalue weighted by Gasteiger charge is -2.21. The van der Waals surface area contributed by atoms with Crippen molar-refractivity contribution in [3.8, 4) is 0 Å². The summed E-state index contributed by atoms with van der Waals surface area (Å²) < 4.78 is 1.20. The molecule has 1 atom stereocenters. The van der Waals surface area contributed by atoms with Crippen molar-refractivity contribution in [3.05, 3.63) is 40.4 Å². The molecule has 1 aromatic carbocycles. The third kappa shape index (κ3) is 4.94. The van der Waals surface area contributed by atoms with Crippen LogP contribution in [0.15, 0.2) is 45.3 Å². The Morgan fingerprint density at radius 1 is 1.20 bits per heavy atom. The lowest BCUT2D eigenvalue weighted by molar-refractivity contribution is 0.583. The first-order valence-corrected chi connectivity index (χ1v) is 9.32. The van der Waals surface area contributed by atoms with Crippen molar-refractivity contribution in [2.24, 2.45) is 0 Å². The van der Waals surface area contributed by atoms with E-state index in [4.69, 9.17) is 0 Å². The predicted octanol–water partition coefficient (Wildman–Crippen LogP) is 5.41. The highest BCUT2D eigenvalue weighted by Crippen LogP contribution is 2.29. The highest BCUT2D eigenvalue weighted by molar-refractivity contribution is 9.10. The van der Waals surface area contributed by atoms with E-state index < -0.39 is 0 Å². The molecular formula is C17H24BrNS. The quantitative estimate of drug-likeness (QED) is 0.560. The molecule has 1 unspecified atom stereocenters. The highest BCUT2D eigenvalue weighted by Gasteiger charge is 2.14. The number of likely N-dealkylation sites (N-methyl/N-ethyl adjacent to an activating group) is 1. The fourth-order valence-electron chi connectivity index (χ4n) is 2.64. The number of hydrogen-bond donors (Lipinski definition) is 1. The number of benzene rings is 1. The van der Waals surface area contributed by atoms with Gasteiger partial charge in [-0.2, -0.15) is 0 Å². The van der Waals surface area contributed by atoms with Gasteiger partial charge in [0.05, 0.1) is 0 Å². The Hall–Kier alpha value is -0.250. The first kappa shape index (κ1) is 16.1. The van der Waals surface area contributed by atoms with Gasteiger partial charge in [0.2, 0.25) is 0 Å². The molecule has 0 heterocycles. The molecule has 3 heteroatoms. The normalized spacial score (nSPS) is 20.6. The van der Waals surface area contributed by atoms with Crippen LogP contribution in [0.3, 0.4) is 0 Å². The minimum absolute atomic E-state index is 0.505. The maximum atomic E-state index is 3.63. The predicted molar refractivity (Wildman–Crippen MR) is 93.5 cm³/mol. The highest BCUT2D eigenvalue weighted by atomic mass is 79.9. The monoisotopic (exact) mass is 353 g/mol. The minimum Gasteiger partial charge on any atom is -0.313 e. The molecule has 0 radical (unpaired) electrons. The molecular weight excluding hydrogens is 330 g/mol. The van der Waals surface area contributed by atoms with Crippen LogP contribution in [-0.4, -0.2) is 18.8 Å². The van der Waals surface area contributed by atoms with Gasteiger partial charge in [-0.3, -0.25) is 0 Å². The van der Waals surface area contributed by atoms with Gasteiger partial charge in [-0.1, -0.05) is 36.6 Å². The molecule has 0 spiro atoms. The van der Waals surface area contributed by atoms with Gasteiger partial charge >= 0.3 is 0 Å². The second-order valence-electron chi connectivity index (χ2n) is 5.31. The number of rotatable bonds is 5. The Labute approximate surface area is 135 Å². The van der Waals surface area contributed by atoms with E-state index in [0.29, 0.717) is 6.04 Å². The number of allylic oxidation sites excluding steroid dienone is 1. The first-order chi connectivity index (χ1) is 9.81. The van der Waals surface area contributed by atoms with Crippen molar-refractivity contribution in [1.29, 1.82) is 0 Å². The molecule has 0 amide bonds.